The number of piperidine rings is 1. The molecule has 2 atom stereocenters. The lowest BCUT2D eigenvalue weighted by Gasteiger charge is -2.42. The van der Waals surface area contributed by atoms with Gasteiger partial charge in [-0.1, -0.05) is 13.3 Å². The van der Waals surface area contributed by atoms with Crippen LogP contribution in [0.15, 0.2) is 24.5 Å². The Morgan fingerprint density at radius 1 is 1.50 bits per heavy atom. The van der Waals surface area contributed by atoms with Crippen molar-refractivity contribution >= 4 is 5.97 Å². The summed E-state index contributed by atoms with van der Waals surface area (Å²) in [6, 6.07) is 3.88. The molecule has 0 spiro atoms. The first kappa shape index (κ1) is 14.9. The summed E-state index contributed by atoms with van der Waals surface area (Å²) < 4.78 is 0. The molecule has 1 aliphatic heterocycles. The number of aliphatic hydroxyl groups excluding tert-OH is 1. The third kappa shape index (κ3) is 2.99. The SMILES string of the molecule is CCC[C@]1(C(=O)O)CCN(Cc2ccncc2)C[C@@H]1O. The zero-order valence-electron chi connectivity index (χ0n) is 11.8. The monoisotopic (exact) mass is 278 g/mol. The minimum Gasteiger partial charge on any atom is -0.481 e. The second kappa shape index (κ2) is 6.33. The van der Waals surface area contributed by atoms with Gasteiger partial charge in [-0.15, -0.1) is 0 Å². The summed E-state index contributed by atoms with van der Waals surface area (Å²) >= 11 is 0. The summed E-state index contributed by atoms with van der Waals surface area (Å²) in [6.07, 6.45) is 4.49. The van der Waals surface area contributed by atoms with Crippen LogP contribution in [0.4, 0.5) is 0 Å². The molecule has 0 amide bonds. The maximum atomic E-state index is 11.6. The van der Waals surface area contributed by atoms with E-state index in [1.807, 2.05) is 19.1 Å². The highest BCUT2D eigenvalue weighted by Crippen LogP contribution is 2.37. The molecule has 0 bridgehead atoms. The standard InChI is InChI=1S/C15H22N2O3/c1-2-5-15(14(19)20)6-9-17(11-13(15)18)10-12-3-7-16-8-4-12/h3-4,7-8,13,18H,2,5-6,9-11H2,1H3,(H,19,20)/t13-,15-/m0/s1. The maximum Gasteiger partial charge on any atom is 0.312 e. The first-order chi connectivity index (χ1) is 9.58. The van der Waals surface area contributed by atoms with Gasteiger partial charge in [0, 0.05) is 25.5 Å². The molecular formula is C15H22N2O3. The van der Waals surface area contributed by atoms with Crippen LogP contribution in [-0.4, -0.2) is 45.3 Å². The maximum absolute atomic E-state index is 11.6. The van der Waals surface area contributed by atoms with E-state index < -0.39 is 17.5 Å². The topological polar surface area (TPSA) is 73.7 Å². The van der Waals surface area contributed by atoms with Crippen molar-refractivity contribution in [3.05, 3.63) is 30.1 Å². The van der Waals surface area contributed by atoms with E-state index in [4.69, 9.17) is 0 Å². The van der Waals surface area contributed by atoms with Gasteiger partial charge in [-0.25, -0.2) is 0 Å². The first-order valence-electron chi connectivity index (χ1n) is 7.11. The Morgan fingerprint density at radius 2 is 2.20 bits per heavy atom. The number of carbonyl (C=O) groups is 1. The highest BCUT2D eigenvalue weighted by atomic mass is 16.4. The van der Waals surface area contributed by atoms with E-state index in [0.29, 0.717) is 25.9 Å². The van der Waals surface area contributed by atoms with E-state index in [0.717, 1.165) is 18.5 Å². The summed E-state index contributed by atoms with van der Waals surface area (Å²) in [7, 11) is 0. The molecule has 2 heterocycles. The Kier molecular flexibility index (Phi) is 4.73. The fraction of sp³-hybridized carbons (Fsp3) is 0.600. The third-order valence-corrected chi connectivity index (χ3v) is 4.22. The zero-order valence-corrected chi connectivity index (χ0v) is 11.8. The molecule has 1 aromatic heterocycles. The van der Waals surface area contributed by atoms with Crippen LogP contribution in [-0.2, 0) is 11.3 Å². The highest BCUT2D eigenvalue weighted by Gasteiger charge is 2.47. The van der Waals surface area contributed by atoms with Crippen molar-refractivity contribution < 1.29 is 15.0 Å². The first-order valence-corrected chi connectivity index (χ1v) is 7.11. The number of rotatable bonds is 5. The van der Waals surface area contributed by atoms with Crippen molar-refractivity contribution in [1.82, 2.24) is 9.88 Å². The number of carboxylic acids is 1. The number of carboxylic acid groups (broad SMARTS) is 1. The lowest BCUT2D eigenvalue weighted by Crippen LogP contribution is -2.54. The smallest absolute Gasteiger partial charge is 0.312 e. The molecule has 20 heavy (non-hydrogen) atoms. The number of hydrogen-bond acceptors (Lipinski definition) is 4. The Labute approximate surface area is 119 Å². The minimum absolute atomic E-state index is 0.411. The number of nitrogens with zero attached hydrogens (tertiary/aromatic N) is 2. The van der Waals surface area contributed by atoms with Gasteiger partial charge < -0.3 is 10.2 Å². The Balaban J connectivity index is 2.03. The average molecular weight is 278 g/mol. The van der Waals surface area contributed by atoms with Crippen LogP contribution in [0.25, 0.3) is 0 Å². The molecule has 2 N–H and O–H groups in total. The Bertz CT molecular complexity index is 452. The van der Waals surface area contributed by atoms with Crippen LogP contribution < -0.4 is 0 Å². The molecule has 0 saturated carbocycles. The van der Waals surface area contributed by atoms with E-state index in [1.54, 1.807) is 12.4 Å². The molecular weight excluding hydrogens is 256 g/mol. The van der Waals surface area contributed by atoms with Crippen molar-refractivity contribution in [3.63, 3.8) is 0 Å². The van der Waals surface area contributed by atoms with Crippen LogP contribution >= 0.6 is 0 Å². The van der Waals surface area contributed by atoms with Crippen LogP contribution in [0.3, 0.4) is 0 Å². The van der Waals surface area contributed by atoms with Gasteiger partial charge in [-0.05, 0) is 37.1 Å². The molecule has 110 valence electrons. The second-order valence-electron chi connectivity index (χ2n) is 5.57. The molecule has 5 heteroatoms. The molecule has 1 saturated heterocycles. The number of aliphatic carboxylic acids is 1. The number of pyridine rings is 1. The normalized spacial score (nSPS) is 27.4. The summed E-state index contributed by atoms with van der Waals surface area (Å²) in [5, 5.41) is 19.8. The lowest BCUT2D eigenvalue weighted by atomic mass is 9.73. The largest absolute Gasteiger partial charge is 0.481 e. The predicted octanol–water partition coefficient (Wildman–Crippen LogP) is 1.52. The zero-order chi connectivity index (χ0) is 14.6. The predicted molar refractivity (Wildman–Crippen MR) is 75.1 cm³/mol. The van der Waals surface area contributed by atoms with Gasteiger partial charge in [0.1, 0.15) is 0 Å². The van der Waals surface area contributed by atoms with Crippen LogP contribution in [0, 0.1) is 5.41 Å². The molecule has 1 aliphatic rings. The fourth-order valence-corrected chi connectivity index (χ4v) is 3.02. The third-order valence-electron chi connectivity index (χ3n) is 4.22. The quantitative estimate of drug-likeness (QED) is 0.854. The average Bonchev–Trinajstić information content (AvgIpc) is 2.43. The van der Waals surface area contributed by atoms with Gasteiger partial charge in [0.2, 0.25) is 0 Å². The van der Waals surface area contributed by atoms with Crippen LogP contribution in [0.1, 0.15) is 31.7 Å². The second-order valence-corrected chi connectivity index (χ2v) is 5.57. The molecule has 5 nitrogen and oxygen atoms in total. The molecule has 1 fully saturated rings. The summed E-state index contributed by atoms with van der Waals surface area (Å²) in [4.78, 5) is 17.6. The van der Waals surface area contributed by atoms with Gasteiger partial charge in [-0.2, -0.15) is 0 Å². The van der Waals surface area contributed by atoms with Crippen LogP contribution in [0.2, 0.25) is 0 Å². The van der Waals surface area contributed by atoms with E-state index in [9.17, 15) is 15.0 Å². The molecule has 0 aliphatic carbocycles. The van der Waals surface area contributed by atoms with E-state index in [-0.39, 0.29) is 0 Å². The molecule has 2 rings (SSSR count). The number of β-amino-alcohol motifs (C(OH)–C–C–N with tert-alkyl or cyclic N) is 1. The van der Waals surface area contributed by atoms with Crippen molar-refractivity contribution in [2.24, 2.45) is 5.41 Å². The van der Waals surface area contributed by atoms with E-state index in [1.165, 1.54) is 0 Å². The van der Waals surface area contributed by atoms with Crippen molar-refractivity contribution in [1.29, 1.82) is 0 Å². The molecule has 0 aromatic carbocycles. The van der Waals surface area contributed by atoms with Gasteiger partial charge in [0.05, 0.1) is 11.5 Å². The van der Waals surface area contributed by atoms with Crippen molar-refractivity contribution in [2.45, 2.75) is 38.8 Å². The lowest BCUT2D eigenvalue weighted by molar-refractivity contribution is -0.164. The number of likely N-dealkylation sites (tertiary alicyclic amines) is 1. The summed E-state index contributed by atoms with van der Waals surface area (Å²) in [5.74, 6) is -0.865. The van der Waals surface area contributed by atoms with Gasteiger partial charge >= 0.3 is 5.97 Å². The van der Waals surface area contributed by atoms with Crippen molar-refractivity contribution in [3.8, 4) is 0 Å². The Hall–Kier alpha value is -1.46. The van der Waals surface area contributed by atoms with Crippen LogP contribution in [0.5, 0.6) is 0 Å². The summed E-state index contributed by atoms with van der Waals surface area (Å²) in [5.41, 5.74) is 0.161. The number of hydrogen-bond donors (Lipinski definition) is 2. The Morgan fingerprint density at radius 3 is 2.75 bits per heavy atom. The van der Waals surface area contributed by atoms with E-state index in [2.05, 4.69) is 9.88 Å². The molecule has 0 unspecified atom stereocenters. The number of aromatic nitrogens is 1. The van der Waals surface area contributed by atoms with Gasteiger partial charge in [0.25, 0.3) is 0 Å². The highest BCUT2D eigenvalue weighted by molar-refractivity contribution is 5.75. The van der Waals surface area contributed by atoms with Crippen molar-refractivity contribution in [2.75, 3.05) is 13.1 Å². The number of aliphatic hydroxyl groups is 1. The van der Waals surface area contributed by atoms with Gasteiger partial charge in [-0.3, -0.25) is 14.7 Å². The van der Waals surface area contributed by atoms with E-state index >= 15 is 0 Å². The summed E-state index contributed by atoms with van der Waals surface area (Å²) in [6.45, 7) is 3.79. The van der Waals surface area contributed by atoms with Gasteiger partial charge in [0.15, 0.2) is 0 Å². The fourth-order valence-electron chi connectivity index (χ4n) is 3.02. The minimum atomic E-state index is -0.969. The molecule has 0 radical (unpaired) electrons. The molecule has 1 aromatic rings.